The highest BCUT2D eigenvalue weighted by Gasteiger charge is 2.21. The lowest BCUT2D eigenvalue weighted by Gasteiger charge is -2.30. The molecule has 134 valence electrons. The summed E-state index contributed by atoms with van der Waals surface area (Å²) in [7, 11) is 0. The molecule has 0 atom stereocenters. The van der Waals surface area contributed by atoms with Crippen molar-refractivity contribution >= 4 is 22.8 Å². The SMILES string of the molecule is CC1CCN(C(=O)COC(=O)CCCc2c[nH]c3ccccc23)CC1. The van der Waals surface area contributed by atoms with Gasteiger partial charge in [-0.05, 0) is 43.2 Å². The number of carbonyl (C=O) groups excluding carboxylic acids is 2. The largest absolute Gasteiger partial charge is 0.456 e. The van der Waals surface area contributed by atoms with Gasteiger partial charge in [-0.1, -0.05) is 25.1 Å². The van der Waals surface area contributed by atoms with E-state index in [0.29, 0.717) is 12.3 Å². The van der Waals surface area contributed by atoms with Crippen molar-refractivity contribution in [2.24, 2.45) is 5.92 Å². The van der Waals surface area contributed by atoms with Gasteiger partial charge < -0.3 is 14.6 Å². The fourth-order valence-corrected chi connectivity index (χ4v) is 3.33. The van der Waals surface area contributed by atoms with Crippen molar-refractivity contribution in [2.75, 3.05) is 19.7 Å². The zero-order valence-electron chi connectivity index (χ0n) is 14.8. The fraction of sp³-hybridized carbons (Fsp3) is 0.500. The summed E-state index contributed by atoms with van der Waals surface area (Å²) >= 11 is 0. The Morgan fingerprint density at radius 3 is 2.80 bits per heavy atom. The van der Waals surface area contributed by atoms with Gasteiger partial charge in [0.1, 0.15) is 0 Å². The summed E-state index contributed by atoms with van der Waals surface area (Å²) in [6.07, 6.45) is 5.93. The molecule has 1 aromatic carbocycles. The number of fused-ring (bicyclic) bond motifs is 1. The minimum atomic E-state index is -0.293. The number of nitrogens with zero attached hydrogens (tertiary/aromatic N) is 1. The number of H-pyrrole nitrogens is 1. The van der Waals surface area contributed by atoms with Gasteiger partial charge in [0.15, 0.2) is 6.61 Å². The molecule has 5 heteroatoms. The number of esters is 1. The molecule has 1 saturated heterocycles. The van der Waals surface area contributed by atoms with Gasteiger partial charge in [-0.25, -0.2) is 0 Å². The molecule has 25 heavy (non-hydrogen) atoms. The highest BCUT2D eigenvalue weighted by molar-refractivity contribution is 5.83. The molecule has 1 aromatic heterocycles. The maximum Gasteiger partial charge on any atom is 0.306 e. The predicted molar refractivity (Wildman–Crippen MR) is 97.2 cm³/mol. The van der Waals surface area contributed by atoms with Crippen LogP contribution >= 0.6 is 0 Å². The van der Waals surface area contributed by atoms with Gasteiger partial charge in [0.2, 0.25) is 0 Å². The van der Waals surface area contributed by atoms with Crippen LogP contribution in [-0.4, -0.2) is 41.5 Å². The van der Waals surface area contributed by atoms with E-state index in [1.807, 2.05) is 24.4 Å². The summed E-state index contributed by atoms with van der Waals surface area (Å²) in [4.78, 5) is 29.0. The quantitative estimate of drug-likeness (QED) is 0.820. The molecule has 1 aliphatic rings. The zero-order chi connectivity index (χ0) is 17.6. The van der Waals surface area contributed by atoms with Crippen molar-refractivity contribution < 1.29 is 14.3 Å². The second-order valence-corrected chi connectivity index (χ2v) is 6.94. The van der Waals surface area contributed by atoms with Crippen molar-refractivity contribution in [3.05, 3.63) is 36.0 Å². The van der Waals surface area contributed by atoms with E-state index in [0.717, 1.165) is 44.3 Å². The summed E-state index contributed by atoms with van der Waals surface area (Å²) in [6, 6.07) is 8.14. The first kappa shape index (κ1) is 17.5. The van der Waals surface area contributed by atoms with E-state index in [1.165, 1.54) is 10.9 Å². The number of amides is 1. The number of hydrogen-bond acceptors (Lipinski definition) is 3. The van der Waals surface area contributed by atoms with E-state index < -0.39 is 0 Å². The van der Waals surface area contributed by atoms with Crippen LogP contribution in [0, 0.1) is 5.92 Å². The van der Waals surface area contributed by atoms with Crippen molar-refractivity contribution in [1.29, 1.82) is 0 Å². The molecule has 0 spiro atoms. The van der Waals surface area contributed by atoms with E-state index in [4.69, 9.17) is 4.74 Å². The lowest BCUT2D eigenvalue weighted by atomic mass is 9.99. The average Bonchev–Trinajstić information content (AvgIpc) is 3.04. The number of aromatic nitrogens is 1. The number of hydrogen-bond donors (Lipinski definition) is 1. The van der Waals surface area contributed by atoms with E-state index in [1.54, 1.807) is 4.90 Å². The van der Waals surface area contributed by atoms with Gasteiger partial charge >= 0.3 is 5.97 Å². The molecule has 0 radical (unpaired) electrons. The number of aromatic amines is 1. The Kier molecular flexibility index (Phi) is 5.74. The predicted octanol–water partition coefficient (Wildman–Crippen LogP) is 3.29. The molecule has 0 aliphatic carbocycles. The molecule has 1 fully saturated rings. The van der Waals surface area contributed by atoms with E-state index in [2.05, 4.69) is 18.0 Å². The van der Waals surface area contributed by atoms with Crippen molar-refractivity contribution in [3.63, 3.8) is 0 Å². The Balaban J connectivity index is 1.37. The topological polar surface area (TPSA) is 62.4 Å². The number of carbonyl (C=O) groups is 2. The van der Waals surface area contributed by atoms with Crippen molar-refractivity contribution in [1.82, 2.24) is 9.88 Å². The Hall–Kier alpha value is -2.30. The summed E-state index contributed by atoms with van der Waals surface area (Å²) in [5.74, 6) is 0.312. The first-order chi connectivity index (χ1) is 12.1. The van der Waals surface area contributed by atoms with Gasteiger partial charge in [-0.3, -0.25) is 9.59 Å². The summed E-state index contributed by atoms with van der Waals surface area (Å²) in [5, 5.41) is 1.20. The highest BCUT2D eigenvalue weighted by atomic mass is 16.5. The number of piperidine rings is 1. The molecule has 0 unspecified atom stereocenters. The van der Waals surface area contributed by atoms with Gasteiger partial charge in [0, 0.05) is 36.6 Å². The Bertz CT molecular complexity index is 729. The summed E-state index contributed by atoms with van der Waals surface area (Å²) in [5.41, 5.74) is 2.32. The lowest BCUT2D eigenvalue weighted by Crippen LogP contribution is -2.40. The normalized spacial score (nSPS) is 15.5. The lowest BCUT2D eigenvalue weighted by molar-refractivity contribution is -0.152. The molecule has 2 aromatic rings. The van der Waals surface area contributed by atoms with Gasteiger partial charge in [0.05, 0.1) is 0 Å². The summed E-state index contributed by atoms with van der Waals surface area (Å²) in [6.45, 7) is 3.63. The number of ether oxygens (including phenoxy) is 1. The van der Waals surface area contributed by atoms with Crippen LogP contribution < -0.4 is 0 Å². The molecule has 5 nitrogen and oxygen atoms in total. The van der Waals surface area contributed by atoms with Gasteiger partial charge in [-0.2, -0.15) is 0 Å². The Morgan fingerprint density at radius 2 is 2.00 bits per heavy atom. The number of para-hydroxylation sites is 1. The summed E-state index contributed by atoms with van der Waals surface area (Å²) < 4.78 is 5.15. The Labute approximate surface area is 148 Å². The van der Waals surface area contributed by atoms with Gasteiger partial charge in [-0.15, -0.1) is 0 Å². The molecule has 0 saturated carbocycles. The maximum absolute atomic E-state index is 12.1. The van der Waals surface area contributed by atoms with E-state index >= 15 is 0 Å². The molecule has 0 bridgehead atoms. The number of likely N-dealkylation sites (tertiary alicyclic amines) is 1. The van der Waals surface area contributed by atoms with Crippen LogP contribution in [0.5, 0.6) is 0 Å². The van der Waals surface area contributed by atoms with Crippen LogP contribution in [-0.2, 0) is 20.7 Å². The number of nitrogens with one attached hydrogen (secondary N) is 1. The average molecular weight is 342 g/mol. The van der Waals surface area contributed by atoms with Crippen LogP contribution in [0.3, 0.4) is 0 Å². The number of benzene rings is 1. The van der Waals surface area contributed by atoms with Crippen LogP contribution in [0.25, 0.3) is 10.9 Å². The smallest absolute Gasteiger partial charge is 0.306 e. The second-order valence-electron chi connectivity index (χ2n) is 6.94. The third kappa shape index (κ3) is 4.62. The molecular weight excluding hydrogens is 316 g/mol. The molecule has 1 amide bonds. The van der Waals surface area contributed by atoms with Gasteiger partial charge in [0.25, 0.3) is 5.91 Å². The molecule has 1 N–H and O–H groups in total. The van der Waals surface area contributed by atoms with Crippen LogP contribution in [0.15, 0.2) is 30.5 Å². The van der Waals surface area contributed by atoms with Crippen LogP contribution in [0.2, 0.25) is 0 Å². The standard InChI is InChI=1S/C20H26N2O3/c1-15-9-11-22(12-10-15)19(23)14-25-20(24)8-4-5-16-13-21-18-7-3-2-6-17(16)18/h2-3,6-7,13,15,21H,4-5,8-12,14H2,1H3. The molecule has 3 rings (SSSR count). The molecule has 1 aliphatic heterocycles. The number of aryl methyl sites for hydroxylation is 1. The van der Waals surface area contributed by atoms with E-state index in [-0.39, 0.29) is 18.5 Å². The monoisotopic (exact) mass is 342 g/mol. The fourth-order valence-electron chi connectivity index (χ4n) is 3.33. The van der Waals surface area contributed by atoms with Crippen LogP contribution in [0.1, 0.15) is 38.2 Å². The zero-order valence-corrected chi connectivity index (χ0v) is 14.8. The number of rotatable bonds is 6. The minimum absolute atomic E-state index is 0.0723. The van der Waals surface area contributed by atoms with E-state index in [9.17, 15) is 9.59 Å². The third-order valence-electron chi connectivity index (χ3n) is 4.99. The molecule has 2 heterocycles. The third-order valence-corrected chi connectivity index (χ3v) is 4.99. The van der Waals surface area contributed by atoms with Crippen molar-refractivity contribution in [3.8, 4) is 0 Å². The van der Waals surface area contributed by atoms with Crippen molar-refractivity contribution in [2.45, 2.75) is 39.0 Å². The Morgan fingerprint density at radius 1 is 1.24 bits per heavy atom. The molecular formula is C20H26N2O3. The van der Waals surface area contributed by atoms with Crippen LogP contribution in [0.4, 0.5) is 0 Å². The second kappa shape index (κ2) is 8.19. The minimum Gasteiger partial charge on any atom is -0.456 e. The maximum atomic E-state index is 12.1. The first-order valence-corrected chi connectivity index (χ1v) is 9.12. The first-order valence-electron chi connectivity index (χ1n) is 9.12. The highest BCUT2D eigenvalue weighted by Crippen LogP contribution is 2.19.